The van der Waals surface area contributed by atoms with Crippen LogP contribution < -0.4 is 11.3 Å². The molecule has 3 aromatic heterocycles. The van der Waals surface area contributed by atoms with Gasteiger partial charge in [0, 0.05) is 6.54 Å². The predicted molar refractivity (Wildman–Crippen MR) is 107 cm³/mol. The number of thiophene rings is 1. The third-order valence-electron chi connectivity index (χ3n) is 4.35. The quantitative estimate of drug-likeness (QED) is 0.503. The lowest BCUT2D eigenvalue weighted by atomic mass is 10.0. The lowest BCUT2D eigenvalue weighted by molar-refractivity contribution is -0.115. The van der Waals surface area contributed by atoms with Gasteiger partial charge in [0.2, 0.25) is 11.7 Å². The molecule has 4 rings (SSSR count). The molecule has 3 heterocycles. The van der Waals surface area contributed by atoms with Crippen LogP contribution in [-0.2, 0) is 11.3 Å². The molecule has 1 unspecified atom stereocenters. The van der Waals surface area contributed by atoms with E-state index < -0.39 is 5.91 Å². The van der Waals surface area contributed by atoms with Gasteiger partial charge in [-0.15, -0.1) is 21.5 Å². The fourth-order valence-electron chi connectivity index (χ4n) is 3.05. The molecule has 0 spiro atoms. The number of carbonyl (C=O) groups excluding carboxylic acids is 1. The molecule has 2 N–H and O–H groups in total. The minimum absolute atomic E-state index is 0.0749. The predicted octanol–water partition coefficient (Wildman–Crippen LogP) is 2.49. The second kappa shape index (κ2) is 7.16. The number of thioether (sulfide) groups is 1. The number of nitrogens with zero attached hydrogens (tertiary/aromatic N) is 4. The normalized spacial score (nSPS) is 12.6. The van der Waals surface area contributed by atoms with Crippen LogP contribution >= 0.6 is 23.1 Å². The number of amides is 1. The Morgan fingerprint density at radius 2 is 2.04 bits per heavy atom. The van der Waals surface area contributed by atoms with Gasteiger partial charge < -0.3 is 5.73 Å². The van der Waals surface area contributed by atoms with E-state index in [4.69, 9.17) is 5.73 Å². The average molecular weight is 400 g/mol. The van der Waals surface area contributed by atoms with Crippen molar-refractivity contribution in [2.75, 3.05) is 5.75 Å². The number of aromatic nitrogens is 4. The van der Waals surface area contributed by atoms with Crippen LogP contribution in [0.25, 0.3) is 16.0 Å². The van der Waals surface area contributed by atoms with E-state index in [1.54, 1.807) is 4.57 Å². The SMILES string of the molecule is CC(Cn1c(=O)c2sccc2n2c(SCC(N)=O)nnc12)c1ccccc1. The largest absolute Gasteiger partial charge is 0.369 e. The van der Waals surface area contributed by atoms with Crippen LogP contribution in [0.2, 0.25) is 0 Å². The van der Waals surface area contributed by atoms with Gasteiger partial charge in [-0.25, -0.2) is 0 Å². The van der Waals surface area contributed by atoms with Gasteiger partial charge in [0.05, 0.1) is 11.3 Å². The zero-order valence-electron chi connectivity index (χ0n) is 14.5. The van der Waals surface area contributed by atoms with Gasteiger partial charge in [-0.1, -0.05) is 49.0 Å². The minimum Gasteiger partial charge on any atom is -0.369 e. The lowest BCUT2D eigenvalue weighted by Gasteiger charge is -2.15. The Kier molecular flexibility index (Phi) is 4.71. The van der Waals surface area contributed by atoms with Crippen LogP contribution in [0.4, 0.5) is 0 Å². The topological polar surface area (TPSA) is 95.3 Å². The lowest BCUT2D eigenvalue weighted by Crippen LogP contribution is -2.25. The monoisotopic (exact) mass is 399 g/mol. The molecule has 4 aromatic rings. The van der Waals surface area contributed by atoms with Crippen LogP contribution in [0.1, 0.15) is 18.4 Å². The molecular weight excluding hydrogens is 382 g/mol. The third-order valence-corrected chi connectivity index (χ3v) is 6.19. The van der Waals surface area contributed by atoms with Crippen molar-refractivity contribution in [3.8, 4) is 0 Å². The molecule has 0 aliphatic heterocycles. The molecule has 0 aliphatic carbocycles. The van der Waals surface area contributed by atoms with Gasteiger partial charge in [0.15, 0.2) is 5.16 Å². The number of carbonyl (C=O) groups is 1. The van der Waals surface area contributed by atoms with Gasteiger partial charge in [0.1, 0.15) is 4.70 Å². The number of nitrogens with two attached hydrogens (primary N) is 1. The molecule has 0 radical (unpaired) electrons. The highest BCUT2D eigenvalue weighted by Crippen LogP contribution is 2.25. The molecule has 0 saturated heterocycles. The van der Waals surface area contributed by atoms with Gasteiger partial charge in [0.25, 0.3) is 5.56 Å². The fraction of sp³-hybridized carbons (Fsp3) is 0.222. The Morgan fingerprint density at radius 1 is 1.26 bits per heavy atom. The number of rotatable bonds is 6. The first kappa shape index (κ1) is 17.7. The minimum atomic E-state index is -0.427. The third kappa shape index (κ3) is 3.24. The zero-order valence-corrected chi connectivity index (χ0v) is 16.2. The molecule has 9 heteroatoms. The van der Waals surface area contributed by atoms with Crippen LogP contribution in [0.3, 0.4) is 0 Å². The highest BCUT2D eigenvalue weighted by atomic mass is 32.2. The summed E-state index contributed by atoms with van der Waals surface area (Å²) in [5.41, 5.74) is 7.09. The summed E-state index contributed by atoms with van der Waals surface area (Å²) in [5.74, 6) is 0.278. The Hall–Kier alpha value is -2.65. The standard InChI is InChI=1S/C18H17N5O2S2/c1-11(12-5-3-2-4-6-12)9-22-16(25)15-13(7-8-26-15)23-17(22)20-21-18(23)27-10-14(19)24/h2-8,11H,9-10H2,1H3,(H2,19,24). The molecule has 1 amide bonds. The number of hydrogen-bond acceptors (Lipinski definition) is 6. The van der Waals surface area contributed by atoms with E-state index in [0.29, 0.717) is 22.2 Å². The van der Waals surface area contributed by atoms with Crippen molar-refractivity contribution in [1.82, 2.24) is 19.2 Å². The van der Waals surface area contributed by atoms with E-state index in [-0.39, 0.29) is 17.2 Å². The molecule has 0 aliphatic rings. The first-order chi connectivity index (χ1) is 13.1. The molecule has 27 heavy (non-hydrogen) atoms. The maximum atomic E-state index is 13.1. The summed E-state index contributed by atoms with van der Waals surface area (Å²) < 4.78 is 4.14. The first-order valence-electron chi connectivity index (χ1n) is 8.37. The van der Waals surface area contributed by atoms with Crippen molar-refractivity contribution in [1.29, 1.82) is 0 Å². The van der Waals surface area contributed by atoms with E-state index in [1.165, 1.54) is 23.1 Å². The van der Waals surface area contributed by atoms with Crippen molar-refractivity contribution in [2.24, 2.45) is 5.73 Å². The molecular formula is C18H17N5O2S2. The fourth-order valence-corrected chi connectivity index (χ4v) is 4.56. The van der Waals surface area contributed by atoms with Crippen molar-refractivity contribution in [3.05, 3.63) is 57.7 Å². The Labute approximate surface area is 162 Å². The highest BCUT2D eigenvalue weighted by molar-refractivity contribution is 7.99. The van der Waals surface area contributed by atoms with Crippen molar-refractivity contribution in [2.45, 2.75) is 24.5 Å². The Balaban J connectivity index is 1.85. The second-order valence-corrected chi connectivity index (χ2v) is 8.09. The summed E-state index contributed by atoms with van der Waals surface area (Å²) in [6.07, 6.45) is 0. The van der Waals surface area contributed by atoms with Crippen LogP contribution in [-0.4, -0.2) is 30.8 Å². The Morgan fingerprint density at radius 3 is 2.78 bits per heavy atom. The zero-order chi connectivity index (χ0) is 19.0. The molecule has 138 valence electrons. The smallest absolute Gasteiger partial charge is 0.272 e. The Bertz CT molecular complexity index is 1180. The van der Waals surface area contributed by atoms with Crippen LogP contribution in [0, 0.1) is 0 Å². The van der Waals surface area contributed by atoms with Crippen LogP contribution in [0.15, 0.2) is 51.7 Å². The number of fused-ring (bicyclic) bond motifs is 3. The first-order valence-corrected chi connectivity index (χ1v) is 10.2. The highest BCUT2D eigenvalue weighted by Gasteiger charge is 2.19. The van der Waals surface area contributed by atoms with Gasteiger partial charge in [-0.05, 0) is 22.9 Å². The summed E-state index contributed by atoms with van der Waals surface area (Å²) in [6.45, 7) is 2.56. The summed E-state index contributed by atoms with van der Waals surface area (Å²) in [7, 11) is 0. The molecule has 1 atom stereocenters. The second-order valence-electron chi connectivity index (χ2n) is 6.24. The summed E-state index contributed by atoms with van der Waals surface area (Å²) in [5, 5.41) is 10.9. The van der Waals surface area contributed by atoms with E-state index >= 15 is 0 Å². The maximum absolute atomic E-state index is 13.1. The van der Waals surface area contributed by atoms with Crippen molar-refractivity contribution >= 4 is 45.0 Å². The summed E-state index contributed by atoms with van der Waals surface area (Å²) >= 11 is 2.61. The number of benzene rings is 1. The van der Waals surface area contributed by atoms with Gasteiger partial charge in [-0.3, -0.25) is 18.6 Å². The molecule has 7 nitrogen and oxygen atoms in total. The number of hydrogen-bond donors (Lipinski definition) is 1. The van der Waals surface area contributed by atoms with E-state index in [1.807, 2.05) is 34.0 Å². The molecule has 0 fully saturated rings. The van der Waals surface area contributed by atoms with E-state index in [0.717, 1.165) is 11.1 Å². The summed E-state index contributed by atoms with van der Waals surface area (Å²) in [6, 6.07) is 11.9. The summed E-state index contributed by atoms with van der Waals surface area (Å²) in [4.78, 5) is 24.2. The van der Waals surface area contributed by atoms with Crippen molar-refractivity contribution < 1.29 is 4.79 Å². The van der Waals surface area contributed by atoms with E-state index in [9.17, 15) is 9.59 Å². The van der Waals surface area contributed by atoms with Gasteiger partial charge >= 0.3 is 0 Å². The molecule has 1 aromatic carbocycles. The molecule has 0 bridgehead atoms. The number of primary amides is 1. The molecule has 0 saturated carbocycles. The average Bonchev–Trinajstić information content (AvgIpc) is 3.30. The van der Waals surface area contributed by atoms with Gasteiger partial charge in [-0.2, -0.15) is 0 Å². The maximum Gasteiger partial charge on any atom is 0.272 e. The van der Waals surface area contributed by atoms with E-state index in [2.05, 4.69) is 29.3 Å². The van der Waals surface area contributed by atoms with Crippen molar-refractivity contribution in [3.63, 3.8) is 0 Å². The van der Waals surface area contributed by atoms with Crippen LogP contribution in [0.5, 0.6) is 0 Å².